The summed E-state index contributed by atoms with van der Waals surface area (Å²) in [4.78, 5) is 9.75. The van der Waals surface area contributed by atoms with Crippen molar-refractivity contribution < 1.29 is 18.9 Å². The third-order valence-electron chi connectivity index (χ3n) is 2.05. The first kappa shape index (κ1) is 10.9. The highest BCUT2D eigenvalue weighted by atomic mass is 19.1. The van der Waals surface area contributed by atoms with Gasteiger partial charge in [-0.15, -0.1) is 0 Å². The van der Waals surface area contributed by atoms with Gasteiger partial charge in [-0.25, -0.2) is 4.39 Å². The Labute approximate surface area is 93.4 Å². The van der Waals surface area contributed by atoms with Crippen molar-refractivity contribution in [2.24, 2.45) is 0 Å². The normalized spacial score (nSPS) is 10.4. The van der Waals surface area contributed by atoms with Crippen LogP contribution in [0.2, 0.25) is 0 Å². The maximum atomic E-state index is 13.2. The van der Waals surface area contributed by atoms with Crippen LogP contribution in [-0.4, -0.2) is 15.2 Å². The summed E-state index contributed by atoms with van der Waals surface area (Å²) in [5, 5.41) is 23.3. The zero-order valence-electron chi connectivity index (χ0n) is 8.25. The maximum absolute atomic E-state index is 13.2. The Morgan fingerprint density at radius 2 is 2.18 bits per heavy atom. The van der Waals surface area contributed by atoms with E-state index in [1.165, 1.54) is 6.07 Å². The van der Waals surface area contributed by atoms with Crippen LogP contribution in [-0.2, 0) is 0 Å². The number of benzene rings is 1. The van der Waals surface area contributed by atoms with E-state index in [0.717, 1.165) is 6.07 Å². The number of nitrogens with two attached hydrogens (primary N) is 1. The molecule has 0 unspecified atom stereocenters. The van der Waals surface area contributed by atoms with Gasteiger partial charge in [0.05, 0.1) is 16.6 Å². The first-order valence-electron chi connectivity index (χ1n) is 4.38. The van der Waals surface area contributed by atoms with Gasteiger partial charge in [-0.05, 0) is 0 Å². The summed E-state index contributed by atoms with van der Waals surface area (Å²) < 4.78 is 17.9. The number of nitro benzene ring substituents is 1. The number of anilines is 1. The minimum atomic E-state index is -1.12. The molecule has 0 aliphatic rings. The van der Waals surface area contributed by atoms with Crippen molar-refractivity contribution in [3.63, 3.8) is 0 Å². The fourth-order valence-corrected chi connectivity index (χ4v) is 1.29. The number of nitrogen functional groups attached to an aromatic ring is 1. The third kappa shape index (κ3) is 1.87. The SMILES string of the molecule is Nc1cc(-c2cc([N+](=O)[O-])cc(F)c2O)on1. The number of nitrogens with zero attached hydrogens (tertiary/aromatic N) is 2. The molecule has 0 saturated heterocycles. The molecule has 0 atom stereocenters. The molecule has 2 rings (SSSR count). The number of aromatic nitrogens is 1. The predicted molar refractivity (Wildman–Crippen MR) is 54.6 cm³/mol. The monoisotopic (exact) mass is 239 g/mol. The van der Waals surface area contributed by atoms with Crippen molar-refractivity contribution in [1.29, 1.82) is 0 Å². The number of hydrogen-bond donors (Lipinski definition) is 2. The quantitative estimate of drug-likeness (QED) is 0.608. The lowest BCUT2D eigenvalue weighted by Gasteiger charge is -2.01. The zero-order chi connectivity index (χ0) is 12.6. The van der Waals surface area contributed by atoms with Crippen LogP contribution in [0.1, 0.15) is 0 Å². The molecule has 0 radical (unpaired) electrons. The van der Waals surface area contributed by atoms with Gasteiger partial charge in [-0.2, -0.15) is 0 Å². The molecule has 2 aromatic rings. The number of non-ortho nitro benzene ring substituents is 1. The summed E-state index contributed by atoms with van der Waals surface area (Å²) in [7, 11) is 0. The highest BCUT2D eigenvalue weighted by molar-refractivity contribution is 5.70. The molecular weight excluding hydrogens is 233 g/mol. The van der Waals surface area contributed by atoms with Crippen molar-refractivity contribution in [2.45, 2.75) is 0 Å². The van der Waals surface area contributed by atoms with Gasteiger partial charge >= 0.3 is 0 Å². The molecule has 0 fully saturated rings. The van der Waals surface area contributed by atoms with E-state index in [1.54, 1.807) is 0 Å². The smallest absolute Gasteiger partial charge is 0.273 e. The van der Waals surface area contributed by atoms with Crippen LogP contribution in [0.15, 0.2) is 22.7 Å². The number of hydrogen-bond acceptors (Lipinski definition) is 6. The molecule has 3 N–H and O–H groups in total. The van der Waals surface area contributed by atoms with Gasteiger partial charge in [-0.1, -0.05) is 5.16 Å². The van der Waals surface area contributed by atoms with Crippen molar-refractivity contribution >= 4 is 11.5 Å². The summed E-state index contributed by atoms with van der Waals surface area (Å²) in [6.07, 6.45) is 0. The lowest BCUT2D eigenvalue weighted by atomic mass is 10.1. The van der Waals surface area contributed by atoms with E-state index < -0.39 is 22.2 Å². The lowest BCUT2D eigenvalue weighted by molar-refractivity contribution is -0.385. The minimum absolute atomic E-state index is 0.0197. The standard InChI is InChI=1S/C9H6FN3O4/c10-6-2-4(13(15)16)1-5(9(6)14)7-3-8(11)12-17-7/h1-3,14H,(H2,11,12). The second-order valence-electron chi connectivity index (χ2n) is 3.20. The summed E-state index contributed by atoms with van der Waals surface area (Å²) in [6, 6.07) is 2.80. The summed E-state index contributed by atoms with van der Waals surface area (Å²) >= 11 is 0. The van der Waals surface area contributed by atoms with E-state index in [9.17, 15) is 19.6 Å². The first-order valence-corrected chi connectivity index (χ1v) is 4.38. The Bertz CT molecular complexity index is 596. The molecule has 1 heterocycles. The third-order valence-corrected chi connectivity index (χ3v) is 2.05. The van der Waals surface area contributed by atoms with Crippen LogP contribution in [0.3, 0.4) is 0 Å². The Morgan fingerprint density at radius 3 is 2.71 bits per heavy atom. The average molecular weight is 239 g/mol. The topological polar surface area (TPSA) is 115 Å². The van der Waals surface area contributed by atoms with Crippen LogP contribution < -0.4 is 5.73 Å². The van der Waals surface area contributed by atoms with Gasteiger partial charge in [0.25, 0.3) is 5.69 Å². The number of halogens is 1. The van der Waals surface area contributed by atoms with Crippen LogP contribution >= 0.6 is 0 Å². The average Bonchev–Trinajstić information content (AvgIpc) is 2.68. The van der Waals surface area contributed by atoms with Crippen LogP contribution in [0.4, 0.5) is 15.9 Å². The Morgan fingerprint density at radius 1 is 1.47 bits per heavy atom. The van der Waals surface area contributed by atoms with Crippen molar-refractivity contribution in [3.05, 3.63) is 34.1 Å². The molecule has 0 bridgehead atoms. The molecule has 8 heteroatoms. The zero-order valence-corrected chi connectivity index (χ0v) is 8.25. The lowest BCUT2D eigenvalue weighted by Crippen LogP contribution is -1.91. The van der Waals surface area contributed by atoms with Crippen LogP contribution in [0.25, 0.3) is 11.3 Å². The number of rotatable bonds is 2. The van der Waals surface area contributed by atoms with E-state index >= 15 is 0 Å². The first-order chi connectivity index (χ1) is 7.99. The van der Waals surface area contributed by atoms with Gasteiger partial charge in [0, 0.05) is 12.1 Å². The second kappa shape index (κ2) is 3.74. The molecule has 0 spiro atoms. The predicted octanol–water partition coefficient (Wildman–Crippen LogP) is 1.68. The maximum Gasteiger partial charge on any atom is 0.273 e. The van der Waals surface area contributed by atoms with Crippen molar-refractivity contribution in [3.8, 4) is 17.1 Å². The van der Waals surface area contributed by atoms with E-state index in [1.807, 2.05) is 0 Å². The number of phenolic OH excluding ortho intramolecular Hbond substituents is 1. The van der Waals surface area contributed by atoms with Crippen LogP contribution in [0, 0.1) is 15.9 Å². The van der Waals surface area contributed by atoms with E-state index in [2.05, 4.69) is 5.16 Å². The second-order valence-corrected chi connectivity index (χ2v) is 3.20. The number of aromatic hydroxyl groups is 1. The minimum Gasteiger partial charge on any atom is -0.504 e. The molecule has 7 nitrogen and oxygen atoms in total. The molecule has 1 aromatic carbocycles. The Hall–Kier alpha value is -2.64. The molecule has 88 valence electrons. The fourth-order valence-electron chi connectivity index (χ4n) is 1.29. The van der Waals surface area contributed by atoms with Gasteiger partial charge in [0.15, 0.2) is 23.1 Å². The summed E-state index contributed by atoms with van der Waals surface area (Å²) in [5.41, 5.74) is 4.60. The van der Waals surface area contributed by atoms with Gasteiger partial charge in [-0.3, -0.25) is 10.1 Å². The fraction of sp³-hybridized carbons (Fsp3) is 0. The van der Waals surface area contributed by atoms with Crippen LogP contribution in [0.5, 0.6) is 5.75 Å². The Balaban J connectivity index is 2.64. The van der Waals surface area contributed by atoms with Gasteiger partial charge < -0.3 is 15.4 Å². The molecule has 1 aromatic heterocycles. The highest BCUT2D eigenvalue weighted by Gasteiger charge is 2.19. The molecule has 0 amide bonds. The Kier molecular flexibility index (Phi) is 2.39. The number of phenols is 1. The molecule has 0 aliphatic heterocycles. The number of nitro groups is 1. The van der Waals surface area contributed by atoms with Crippen molar-refractivity contribution in [1.82, 2.24) is 5.16 Å². The summed E-state index contributed by atoms with van der Waals surface area (Å²) in [5.74, 6) is -1.91. The molecular formula is C9H6FN3O4. The van der Waals surface area contributed by atoms with E-state index in [0.29, 0.717) is 6.07 Å². The van der Waals surface area contributed by atoms with Gasteiger partial charge in [0.2, 0.25) is 0 Å². The molecule has 17 heavy (non-hydrogen) atoms. The highest BCUT2D eigenvalue weighted by Crippen LogP contribution is 2.35. The largest absolute Gasteiger partial charge is 0.504 e. The summed E-state index contributed by atoms with van der Waals surface area (Å²) in [6.45, 7) is 0. The van der Waals surface area contributed by atoms with Crippen molar-refractivity contribution in [2.75, 3.05) is 5.73 Å². The molecule has 0 aliphatic carbocycles. The van der Waals surface area contributed by atoms with E-state index in [-0.39, 0.29) is 17.1 Å². The van der Waals surface area contributed by atoms with E-state index in [4.69, 9.17) is 10.3 Å². The van der Waals surface area contributed by atoms with Gasteiger partial charge in [0.1, 0.15) is 0 Å². The molecule has 0 saturated carbocycles.